The first-order chi connectivity index (χ1) is 13.9. The van der Waals surface area contributed by atoms with Crippen LogP contribution in [0.25, 0.3) is 5.69 Å². The summed E-state index contributed by atoms with van der Waals surface area (Å²) in [6, 6.07) is 11.9. The smallest absolute Gasteiger partial charge is 0.320 e. The normalized spacial score (nSPS) is 10.7. The van der Waals surface area contributed by atoms with Gasteiger partial charge in [-0.1, -0.05) is 37.3 Å². The Balaban J connectivity index is 1.73. The number of carbonyl (C=O) groups excluding carboxylic acids is 1. The predicted octanol–water partition coefficient (Wildman–Crippen LogP) is 2.33. The fraction of sp³-hybridized carbons (Fsp3) is 0.227. The fourth-order valence-corrected chi connectivity index (χ4v) is 2.97. The number of nitrogens with one attached hydrogen (secondary N) is 1. The molecule has 0 atom stereocenters. The van der Waals surface area contributed by atoms with Crippen LogP contribution < -0.4 is 16.4 Å². The summed E-state index contributed by atoms with van der Waals surface area (Å²) < 4.78 is 15.7. The van der Waals surface area contributed by atoms with Gasteiger partial charge >= 0.3 is 11.1 Å². The highest BCUT2D eigenvalue weighted by Gasteiger charge is 2.12. The van der Waals surface area contributed by atoms with E-state index in [0.717, 1.165) is 21.1 Å². The molecule has 1 heterocycles. The van der Waals surface area contributed by atoms with Crippen molar-refractivity contribution in [1.82, 2.24) is 14.5 Å². The SMILES string of the molecule is CCc1ccc(CNC(=O)Cn2ccn(-c3cc(F)ccc3C)c(=O)c2=O)cc1. The monoisotopic (exact) mass is 395 g/mol. The number of aryl methyl sites for hydroxylation is 2. The van der Waals surface area contributed by atoms with E-state index in [1.807, 2.05) is 24.3 Å². The molecule has 3 rings (SSSR count). The molecular weight excluding hydrogens is 373 g/mol. The van der Waals surface area contributed by atoms with E-state index in [9.17, 15) is 18.8 Å². The van der Waals surface area contributed by atoms with E-state index in [-0.39, 0.29) is 12.5 Å². The zero-order chi connectivity index (χ0) is 21.0. The average molecular weight is 395 g/mol. The molecule has 29 heavy (non-hydrogen) atoms. The van der Waals surface area contributed by atoms with E-state index < -0.39 is 16.9 Å². The van der Waals surface area contributed by atoms with Crippen molar-refractivity contribution >= 4 is 5.91 Å². The minimum Gasteiger partial charge on any atom is -0.350 e. The fourth-order valence-electron chi connectivity index (χ4n) is 2.97. The average Bonchev–Trinajstić information content (AvgIpc) is 2.72. The molecule has 0 radical (unpaired) electrons. The first-order valence-electron chi connectivity index (χ1n) is 9.32. The number of carbonyl (C=O) groups is 1. The van der Waals surface area contributed by atoms with Crippen molar-refractivity contribution in [3.63, 3.8) is 0 Å². The molecule has 0 aliphatic rings. The Morgan fingerprint density at radius 2 is 1.69 bits per heavy atom. The van der Waals surface area contributed by atoms with E-state index >= 15 is 0 Å². The quantitative estimate of drug-likeness (QED) is 0.651. The predicted molar refractivity (Wildman–Crippen MR) is 109 cm³/mol. The lowest BCUT2D eigenvalue weighted by Crippen LogP contribution is -2.42. The summed E-state index contributed by atoms with van der Waals surface area (Å²) in [5, 5.41) is 2.74. The van der Waals surface area contributed by atoms with Gasteiger partial charge in [0.1, 0.15) is 12.4 Å². The van der Waals surface area contributed by atoms with E-state index in [4.69, 9.17) is 0 Å². The van der Waals surface area contributed by atoms with Crippen LogP contribution in [0.15, 0.2) is 64.4 Å². The van der Waals surface area contributed by atoms with E-state index in [1.54, 1.807) is 6.92 Å². The van der Waals surface area contributed by atoms with Crippen molar-refractivity contribution in [1.29, 1.82) is 0 Å². The van der Waals surface area contributed by atoms with Crippen LogP contribution in [0.3, 0.4) is 0 Å². The summed E-state index contributed by atoms with van der Waals surface area (Å²) >= 11 is 0. The minimum absolute atomic E-state index is 0.274. The molecular formula is C22H22FN3O3. The van der Waals surface area contributed by atoms with Crippen molar-refractivity contribution in [3.05, 3.63) is 98.1 Å². The molecule has 0 spiro atoms. The van der Waals surface area contributed by atoms with Gasteiger partial charge in [-0.05, 0) is 42.2 Å². The third-order valence-electron chi connectivity index (χ3n) is 4.72. The third-order valence-corrected chi connectivity index (χ3v) is 4.72. The third kappa shape index (κ3) is 4.68. The van der Waals surface area contributed by atoms with Crippen LogP contribution in [0.2, 0.25) is 0 Å². The molecule has 150 valence electrons. The molecule has 1 N–H and O–H groups in total. The maximum absolute atomic E-state index is 13.5. The van der Waals surface area contributed by atoms with Gasteiger partial charge in [-0.2, -0.15) is 0 Å². The number of nitrogens with zero attached hydrogens (tertiary/aromatic N) is 2. The van der Waals surface area contributed by atoms with Gasteiger partial charge in [-0.15, -0.1) is 0 Å². The number of benzene rings is 2. The molecule has 7 heteroatoms. The van der Waals surface area contributed by atoms with Crippen molar-refractivity contribution < 1.29 is 9.18 Å². The van der Waals surface area contributed by atoms with Gasteiger partial charge in [0, 0.05) is 18.9 Å². The molecule has 3 aromatic rings. The van der Waals surface area contributed by atoms with Crippen LogP contribution in [0.1, 0.15) is 23.6 Å². The number of hydrogen-bond acceptors (Lipinski definition) is 3. The highest BCUT2D eigenvalue weighted by Crippen LogP contribution is 2.13. The Labute approximate surface area is 167 Å². The molecule has 1 amide bonds. The molecule has 0 bridgehead atoms. The molecule has 0 aliphatic heterocycles. The zero-order valence-electron chi connectivity index (χ0n) is 16.3. The van der Waals surface area contributed by atoms with Gasteiger partial charge in [0.25, 0.3) is 0 Å². The maximum atomic E-state index is 13.5. The first kappa shape index (κ1) is 20.3. The lowest BCUT2D eigenvalue weighted by atomic mass is 10.1. The summed E-state index contributed by atoms with van der Waals surface area (Å²) in [5.41, 5.74) is 1.40. The van der Waals surface area contributed by atoms with Crippen LogP contribution in [-0.2, 0) is 24.3 Å². The summed E-state index contributed by atoms with van der Waals surface area (Å²) in [6.45, 7) is 3.84. The molecule has 1 aromatic heterocycles. The number of hydrogen-bond donors (Lipinski definition) is 1. The van der Waals surface area contributed by atoms with E-state index in [0.29, 0.717) is 17.8 Å². The zero-order valence-corrected chi connectivity index (χ0v) is 16.3. The Kier molecular flexibility index (Phi) is 6.07. The lowest BCUT2D eigenvalue weighted by molar-refractivity contribution is -0.121. The highest BCUT2D eigenvalue weighted by molar-refractivity contribution is 5.75. The highest BCUT2D eigenvalue weighted by atomic mass is 19.1. The molecule has 0 fully saturated rings. The van der Waals surface area contributed by atoms with Crippen molar-refractivity contribution in [2.45, 2.75) is 33.4 Å². The number of amides is 1. The van der Waals surface area contributed by atoms with Gasteiger partial charge in [-0.25, -0.2) is 4.39 Å². The standard InChI is InChI=1S/C22H22FN3O3/c1-3-16-5-7-17(8-6-16)13-24-20(27)14-25-10-11-26(22(29)21(25)28)19-12-18(23)9-4-15(19)2/h4-12H,3,13-14H2,1-2H3,(H,24,27). The number of halogens is 1. The summed E-state index contributed by atoms with van der Waals surface area (Å²) in [4.78, 5) is 37.0. The molecule has 6 nitrogen and oxygen atoms in total. The Morgan fingerprint density at radius 3 is 2.38 bits per heavy atom. The number of rotatable bonds is 6. The van der Waals surface area contributed by atoms with Gasteiger partial charge in [0.05, 0.1) is 5.69 Å². The molecule has 0 unspecified atom stereocenters. The lowest BCUT2D eigenvalue weighted by Gasteiger charge is -2.11. The largest absolute Gasteiger partial charge is 0.350 e. The van der Waals surface area contributed by atoms with E-state index in [2.05, 4.69) is 12.2 Å². The first-order valence-corrected chi connectivity index (χ1v) is 9.32. The maximum Gasteiger partial charge on any atom is 0.320 e. The van der Waals surface area contributed by atoms with Gasteiger partial charge < -0.3 is 5.32 Å². The second-order valence-corrected chi connectivity index (χ2v) is 6.78. The van der Waals surface area contributed by atoms with Gasteiger partial charge in [0.2, 0.25) is 5.91 Å². The molecule has 0 saturated heterocycles. The Hall–Kier alpha value is -3.48. The minimum atomic E-state index is -0.849. The van der Waals surface area contributed by atoms with Crippen molar-refractivity contribution in [2.24, 2.45) is 0 Å². The molecule has 2 aromatic carbocycles. The molecule has 0 aliphatic carbocycles. The van der Waals surface area contributed by atoms with Crippen LogP contribution in [-0.4, -0.2) is 15.0 Å². The Morgan fingerprint density at radius 1 is 1.00 bits per heavy atom. The van der Waals surface area contributed by atoms with Crippen LogP contribution in [0.4, 0.5) is 4.39 Å². The van der Waals surface area contributed by atoms with Crippen LogP contribution in [0, 0.1) is 12.7 Å². The Bertz CT molecular complexity index is 1150. The second kappa shape index (κ2) is 8.68. The van der Waals surface area contributed by atoms with Crippen molar-refractivity contribution in [2.75, 3.05) is 0 Å². The number of aromatic nitrogens is 2. The van der Waals surface area contributed by atoms with Gasteiger partial charge in [-0.3, -0.25) is 23.5 Å². The van der Waals surface area contributed by atoms with Crippen LogP contribution in [0.5, 0.6) is 0 Å². The molecule has 0 saturated carbocycles. The summed E-state index contributed by atoms with van der Waals surface area (Å²) in [7, 11) is 0. The summed E-state index contributed by atoms with van der Waals surface area (Å²) in [5.74, 6) is -0.890. The summed E-state index contributed by atoms with van der Waals surface area (Å²) in [6.07, 6.45) is 3.65. The van der Waals surface area contributed by atoms with Crippen LogP contribution >= 0.6 is 0 Å². The van der Waals surface area contributed by atoms with Gasteiger partial charge in [0.15, 0.2) is 0 Å². The second-order valence-electron chi connectivity index (χ2n) is 6.78. The van der Waals surface area contributed by atoms with Crippen molar-refractivity contribution in [3.8, 4) is 5.69 Å². The topological polar surface area (TPSA) is 73.1 Å². The van der Waals surface area contributed by atoms with E-state index in [1.165, 1.54) is 36.2 Å².